The molecule has 0 amide bonds. The van der Waals surface area contributed by atoms with Crippen molar-refractivity contribution in [3.8, 4) is 0 Å². The van der Waals surface area contributed by atoms with Gasteiger partial charge in [0, 0.05) is 12.8 Å². The molecule has 450 valence electrons. The number of unbranched alkanes of at least 4 members (excludes halogenated alkanes) is 46. The van der Waals surface area contributed by atoms with Crippen LogP contribution in [0.4, 0.5) is 0 Å². The average molecular weight is 1080 g/mol. The maximum atomic E-state index is 12.8. The number of ether oxygens (including phenoxy) is 4. The lowest BCUT2D eigenvalue weighted by Crippen LogP contribution is -2.40. The predicted octanol–water partition coefficient (Wildman–Crippen LogP) is 20.1. The van der Waals surface area contributed by atoms with Crippen molar-refractivity contribution in [2.24, 2.45) is 0 Å². The summed E-state index contributed by atoms with van der Waals surface area (Å²) in [5.41, 5.74) is 0. The summed E-state index contributed by atoms with van der Waals surface area (Å²) in [7, 11) is 5.98. The van der Waals surface area contributed by atoms with Gasteiger partial charge in [0.25, 0.3) is 6.29 Å². The van der Waals surface area contributed by atoms with E-state index in [9.17, 15) is 19.5 Å². The second-order valence-electron chi connectivity index (χ2n) is 24.1. The summed E-state index contributed by atoms with van der Waals surface area (Å²) >= 11 is 0. The van der Waals surface area contributed by atoms with Crippen molar-refractivity contribution < 1.29 is 42.9 Å². The molecule has 0 aromatic carbocycles. The molecule has 0 aromatic rings. The standard InChI is InChI=1S/C67H129NO8/c1-6-8-10-12-14-16-18-20-21-22-23-24-25-26-27-28-29-30-31-32-33-34-35-36-37-38-39-40-41-42-43-44-46-47-49-51-53-55-57-64(69)74-61-63(62-75-67(66(71)72)73-60-59-68(3,4)5)76-65(70)58-56-54-52-50-48-45-19-17-15-13-11-9-7-2/h17,19,63,67H,6-16,18,20-62H2,1-5H3/p+1/b19-17-. The number of carboxylic acids is 1. The highest BCUT2D eigenvalue weighted by molar-refractivity contribution is 5.71. The van der Waals surface area contributed by atoms with Crippen molar-refractivity contribution in [2.75, 3.05) is 47.5 Å². The predicted molar refractivity (Wildman–Crippen MR) is 323 cm³/mol. The van der Waals surface area contributed by atoms with Gasteiger partial charge >= 0.3 is 17.9 Å². The van der Waals surface area contributed by atoms with Crippen LogP contribution in [-0.2, 0) is 33.3 Å². The molecule has 0 saturated carbocycles. The summed E-state index contributed by atoms with van der Waals surface area (Å²) in [6.45, 7) is 4.90. The number of carboxylic acid groups (broad SMARTS) is 1. The van der Waals surface area contributed by atoms with Gasteiger partial charge in [-0.25, -0.2) is 4.79 Å². The molecule has 0 heterocycles. The van der Waals surface area contributed by atoms with E-state index in [0.717, 1.165) is 51.4 Å². The second kappa shape index (κ2) is 59.2. The maximum absolute atomic E-state index is 12.8. The van der Waals surface area contributed by atoms with Gasteiger partial charge in [-0.05, 0) is 38.5 Å². The van der Waals surface area contributed by atoms with E-state index in [-0.39, 0.29) is 32.2 Å². The first-order valence-electron chi connectivity index (χ1n) is 33.4. The minimum atomic E-state index is -1.51. The lowest BCUT2D eigenvalue weighted by molar-refractivity contribution is -0.870. The first-order valence-corrected chi connectivity index (χ1v) is 33.4. The zero-order chi connectivity index (χ0) is 55.5. The molecule has 0 rings (SSSR count). The summed E-state index contributed by atoms with van der Waals surface area (Å²) < 4.78 is 22.9. The highest BCUT2D eigenvalue weighted by atomic mass is 16.7. The average Bonchev–Trinajstić information content (AvgIpc) is 3.39. The van der Waals surface area contributed by atoms with Gasteiger partial charge in [0.05, 0.1) is 34.4 Å². The lowest BCUT2D eigenvalue weighted by Gasteiger charge is -2.25. The normalized spacial score (nSPS) is 12.7. The van der Waals surface area contributed by atoms with Crippen LogP contribution in [0, 0.1) is 0 Å². The summed E-state index contributed by atoms with van der Waals surface area (Å²) in [4.78, 5) is 37.4. The van der Waals surface area contributed by atoms with Gasteiger partial charge in [-0.3, -0.25) is 9.59 Å². The number of esters is 2. The van der Waals surface area contributed by atoms with Crippen molar-refractivity contribution in [1.82, 2.24) is 0 Å². The Morgan fingerprint density at radius 1 is 0.382 bits per heavy atom. The Hall–Kier alpha value is -1.97. The van der Waals surface area contributed by atoms with Crippen LogP contribution in [0.1, 0.15) is 341 Å². The molecule has 0 saturated heterocycles. The molecule has 0 aliphatic heterocycles. The molecular formula is C67H130NO8+. The van der Waals surface area contributed by atoms with E-state index in [4.69, 9.17) is 18.9 Å². The van der Waals surface area contributed by atoms with Crippen LogP contribution < -0.4 is 0 Å². The van der Waals surface area contributed by atoms with E-state index in [1.807, 2.05) is 21.1 Å². The number of rotatable bonds is 63. The highest BCUT2D eigenvalue weighted by Gasteiger charge is 2.25. The number of likely N-dealkylation sites (N-methyl/N-ethyl adjacent to an activating group) is 1. The number of carbonyl (C=O) groups is 3. The van der Waals surface area contributed by atoms with Gasteiger partial charge in [0.15, 0.2) is 6.10 Å². The molecule has 0 aliphatic carbocycles. The monoisotopic (exact) mass is 1080 g/mol. The van der Waals surface area contributed by atoms with E-state index in [2.05, 4.69) is 26.0 Å². The Labute approximate surface area is 472 Å². The molecule has 76 heavy (non-hydrogen) atoms. The van der Waals surface area contributed by atoms with Crippen LogP contribution in [0.15, 0.2) is 12.2 Å². The quantitative estimate of drug-likeness (QED) is 0.0211. The van der Waals surface area contributed by atoms with Gasteiger partial charge in [-0.2, -0.15) is 0 Å². The van der Waals surface area contributed by atoms with Crippen molar-refractivity contribution in [3.05, 3.63) is 12.2 Å². The largest absolute Gasteiger partial charge is 0.477 e. The maximum Gasteiger partial charge on any atom is 0.361 e. The fourth-order valence-electron chi connectivity index (χ4n) is 10.1. The Balaban J connectivity index is 3.87. The molecule has 0 aromatic heterocycles. The van der Waals surface area contributed by atoms with E-state index in [1.165, 1.54) is 257 Å². The molecular weight excluding hydrogens is 947 g/mol. The number of hydrogen-bond acceptors (Lipinski definition) is 7. The van der Waals surface area contributed by atoms with E-state index in [1.54, 1.807) is 0 Å². The van der Waals surface area contributed by atoms with Gasteiger partial charge in [-0.1, -0.05) is 302 Å². The number of nitrogens with zero attached hydrogens (tertiary/aromatic N) is 1. The lowest BCUT2D eigenvalue weighted by atomic mass is 10.0. The number of hydrogen-bond donors (Lipinski definition) is 1. The first kappa shape index (κ1) is 74.0. The Morgan fingerprint density at radius 3 is 0.987 bits per heavy atom. The number of aliphatic carboxylic acids is 1. The second-order valence-corrected chi connectivity index (χ2v) is 24.1. The van der Waals surface area contributed by atoms with Crippen LogP contribution in [-0.4, -0.2) is 87.4 Å². The molecule has 0 bridgehead atoms. The van der Waals surface area contributed by atoms with Crippen LogP contribution in [0.2, 0.25) is 0 Å². The Morgan fingerprint density at radius 2 is 0.671 bits per heavy atom. The molecule has 0 aliphatic rings. The molecule has 1 N–H and O–H groups in total. The molecule has 0 radical (unpaired) electrons. The molecule has 0 fully saturated rings. The summed E-state index contributed by atoms with van der Waals surface area (Å²) in [6.07, 6.45) is 67.8. The third kappa shape index (κ3) is 59.7. The van der Waals surface area contributed by atoms with Crippen molar-refractivity contribution in [3.63, 3.8) is 0 Å². The van der Waals surface area contributed by atoms with E-state index in [0.29, 0.717) is 23.9 Å². The molecule has 9 heteroatoms. The van der Waals surface area contributed by atoms with Crippen molar-refractivity contribution in [1.29, 1.82) is 0 Å². The van der Waals surface area contributed by atoms with Gasteiger partial charge in [0.1, 0.15) is 13.2 Å². The summed E-state index contributed by atoms with van der Waals surface area (Å²) in [6, 6.07) is 0. The molecule has 2 unspecified atom stereocenters. The van der Waals surface area contributed by atoms with Crippen LogP contribution >= 0.6 is 0 Å². The summed E-state index contributed by atoms with van der Waals surface area (Å²) in [5, 5.41) is 9.69. The smallest absolute Gasteiger partial charge is 0.361 e. The topological polar surface area (TPSA) is 108 Å². The van der Waals surface area contributed by atoms with Crippen LogP contribution in [0.25, 0.3) is 0 Å². The van der Waals surface area contributed by atoms with Gasteiger partial charge < -0.3 is 28.5 Å². The van der Waals surface area contributed by atoms with E-state index < -0.39 is 24.3 Å². The van der Waals surface area contributed by atoms with E-state index >= 15 is 0 Å². The Kier molecular flexibility index (Phi) is 57.6. The first-order chi connectivity index (χ1) is 37.1. The number of quaternary nitrogens is 1. The van der Waals surface area contributed by atoms with Crippen molar-refractivity contribution >= 4 is 17.9 Å². The van der Waals surface area contributed by atoms with Crippen LogP contribution in [0.5, 0.6) is 0 Å². The third-order valence-electron chi connectivity index (χ3n) is 15.3. The van der Waals surface area contributed by atoms with Crippen LogP contribution in [0.3, 0.4) is 0 Å². The minimum Gasteiger partial charge on any atom is -0.477 e. The third-order valence-corrected chi connectivity index (χ3v) is 15.3. The highest BCUT2D eigenvalue weighted by Crippen LogP contribution is 2.19. The SMILES string of the molecule is CCCCCC/C=C\CCCCCCCC(=O)OC(COC(=O)CCCCCCCCCCCCCCCCCCCCCCCCCCCCCCCCCCCCCCCC)COC(OCC[N+](C)(C)C)C(=O)O. The molecule has 0 spiro atoms. The van der Waals surface area contributed by atoms with Gasteiger partial charge in [0.2, 0.25) is 0 Å². The summed E-state index contributed by atoms with van der Waals surface area (Å²) in [5.74, 6) is -1.99. The Bertz CT molecular complexity index is 1250. The minimum absolute atomic E-state index is 0.179. The zero-order valence-electron chi connectivity index (χ0n) is 51.5. The molecule has 9 nitrogen and oxygen atoms in total. The zero-order valence-corrected chi connectivity index (χ0v) is 51.5. The fourth-order valence-corrected chi connectivity index (χ4v) is 10.1. The van der Waals surface area contributed by atoms with Gasteiger partial charge in [-0.15, -0.1) is 0 Å². The fraction of sp³-hybridized carbons (Fsp3) is 0.925. The van der Waals surface area contributed by atoms with Crippen molar-refractivity contribution in [2.45, 2.75) is 354 Å². The number of carbonyl (C=O) groups excluding carboxylic acids is 2. The molecule has 2 atom stereocenters. The number of allylic oxidation sites excluding steroid dienone is 2.